The third-order valence-corrected chi connectivity index (χ3v) is 2.68. The van der Waals surface area contributed by atoms with Crippen LogP contribution >= 0.6 is 0 Å². The number of allylic oxidation sites excluding steroid dienone is 7. The summed E-state index contributed by atoms with van der Waals surface area (Å²) >= 11 is 0. The van der Waals surface area contributed by atoms with Crippen molar-refractivity contribution in [2.45, 2.75) is 20.8 Å². The van der Waals surface area contributed by atoms with E-state index in [0.29, 0.717) is 0 Å². The van der Waals surface area contributed by atoms with E-state index in [1.165, 1.54) is 5.57 Å². The van der Waals surface area contributed by atoms with Crippen molar-refractivity contribution in [3.8, 4) is 11.8 Å². The summed E-state index contributed by atoms with van der Waals surface area (Å²) < 4.78 is 0. The van der Waals surface area contributed by atoms with E-state index in [-0.39, 0.29) is 0 Å². The zero-order valence-corrected chi connectivity index (χ0v) is 11.9. The molecule has 0 unspecified atom stereocenters. The molecule has 0 saturated carbocycles. The van der Waals surface area contributed by atoms with Gasteiger partial charge < -0.3 is 0 Å². The average molecular weight is 248 g/mol. The van der Waals surface area contributed by atoms with Crippen LogP contribution in [0.5, 0.6) is 0 Å². The first-order chi connectivity index (χ1) is 9.19. The van der Waals surface area contributed by atoms with Gasteiger partial charge in [-0.1, -0.05) is 60.9 Å². The van der Waals surface area contributed by atoms with Crippen LogP contribution in [0.2, 0.25) is 0 Å². The maximum absolute atomic E-state index is 3.74. The molecule has 0 heterocycles. The molecule has 0 heteroatoms. The Morgan fingerprint density at radius 3 is 2.42 bits per heavy atom. The normalized spacial score (nSPS) is 12.7. The van der Waals surface area contributed by atoms with Crippen LogP contribution in [0.1, 0.15) is 26.3 Å². The van der Waals surface area contributed by atoms with E-state index in [4.69, 9.17) is 0 Å². The van der Waals surface area contributed by atoms with Gasteiger partial charge in [0.05, 0.1) is 0 Å². The molecule has 0 aliphatic rings. The lowest BCUT2D eigenvalue weighted by atomic mass is 10.0. The first kappa shape index (κ1) is 14.8. The van der Waals surface area contributed by atoms with E-state index in [2.05, 4.69) is 38.3 Å². The molecular weight excluding hydrogens is 228 g/mol. The van der Waals surface area contributed by atoms with Crippen LogP contribution in [0.25, 0.3) is 0 Å². The van der Waals surface area contributed by atoms with Crippen LogP contribution in [0.3, 0.4) is 0 Å². The fourth-order valence-electron chi connectivity index (χ4n) is 1.76. The van der Waals surface area contributed by atoms with Crippen molar-refractivity contribution in [3.63, 3.8) is 0 Å². The fourth-order valence-corrected chi connectivity index (χ4v) is 1.76. The van der Waals surface area contributed by atoms with Gasteiger partial charge in [0.1, 0.15) is 0 Å². The minimum atomic E-state index is 1.03. The Labute approximate surface area is 116 Å². The second-order valence-corrected chi connectivity index (χ2v) is 4.26. The molecule has 0 amide bonds. The van der Waals surface area contributed by atoms with Crippen molar-refractivity contribution in [1.82, 2.24) is 0 Å². The van der Waals surface area contributed by atoms with Gasteiger partial charge in [-0.05, 0) is 44.1 Å². The first-order valence-corrected chi connectivity index (χ1v) is 6.39. The summed E-state index contributed by atoms with van der Waals surface area (Å²) in [4.78, 5) is 0. The van der Waals surface area contributed by atoms with Crippen LogP contribution in [-0.4, -0.2) is 0 Å². The second-order valence-electron chi connectivity index (χ2n) is 4.26. The number of hydrogen-bond donors (Lipinski definition) is 0. The molecule has 96 valence electrons. The van der Waals surface area contributed by atoms with Gasteiger partial charge in [0.2, 0.25) is 0 Å². The van der Waals surface area contributed by atoms with Crippen molar-refractivity contribution >= 4 is 0 Å². The molecule has 19 heavy (non-hydrogen) atoms. The first-order valence-electron chi connectivity index (χ1n) is 6.39. The molecule has 1 rings (SSSR count). The predicted molar refractivity (Wildman–Crippen MR) is 84.8 cm³/mol. The zero-order chi connectivity index (χ0) is 14.1. The van der Waals surface area contributed by atoms with Gasteiger partial charge in [-0.2, -0.15) is 0 Å². The molecule has 0 aliphatic heterocycles. The quantitative estimate of drug-likeness (QED) is 0.518. The number of benzene rings is 1. The molecule has 1 aromatic rings. The Kier molecular flexibility index (Phi) is 6.19. The van der Waals surface area contributed by atoms with E-state index >= 15 is 0 Å². The monoisotopic (exact) mass is 248 g/mol. The van der Waals surface area contributed by atoms with Crippen molar-refractivity contribution < 1.29 is 0 Å². The molecule has 1 aromatic carbocycles. The van der Waals surface area contributed by atoms with E-state index < -0.39 is 0 Å². The molecule has 0 fully saturated rings. The number of rotatable bonds is 3. The van der Waals surface area contributed by atoms with Crippen molar-refractivity contribution in [2.24, 2.45) is 0 Å². The number of hydrogen-bond acceptors (Lipinski definition) is 0. The summed E-state index contributed by atoms with van der Waals surface area (Å²) in [6, 6.07) is 10.0. The highest BCUT2D eigenvalue weighted by atomic mass is 14.0. The van der Waals surface area contributed by atoms with Crippen LogP contribution in [-0.2, 0) is 0 Å². The third kappa shape index (κ3) is 4.85. The molecule has 0 spiro atoms. The van der Waals surface area contributed by atoms with E-state index in [9.17, 15) is 0 Å². The molecule has 0 nitrogen and oxygen atoms in total. The lowest BCUT2D eigenvalue weighted by Gasteiger charge is -2.03. The minimum absolute atomic E-state index is 1.03. The highest BCUT2D eigenvalue weighted by Gasteiger charge is 1.99. The molecular formula is C19H20. The molecule has 0 radical (unpaired) electrons. The average Bonchev–Trinajstić information content (AvgIpc) is 2.41. The van der Waals surface area contributed by atoms with Gasteiger partial charge >= 0.3 is 0 Å². The van der Waals surface area contributed by atoms with Gasteiger partial charge in [-0.15, -0.1) is 0 Å². The zero-order valence-electron chi connectivity index (χ0n) is 11.9. The molecule has 0 saturated heterocycles. The minimum Gasteiger partial charge on any atom is -0.0991 e. The topological polar surface area (TPSA) is 0 Å². The van der Waals surface area contributed by atoms with E-state index in [1.54, 1.807) is 6.08 Å². The summed E-state index contributed by atoms with van der Waals surface area (Å²) in [5.74, 6) is 6.47. The van der Waals surface area contributed by atoms with Gasteiger partial charge in [0, 0.05) is 11.1 Å². The Morgan fingerprint density at radius 2 is 1.84 bits per heavy atom. The largest absolute Gasteiger partial charge is 0.0991 e. The van der Waals surface area contributed by atoms with Crippen LogP contribution in [0.4, 0.5) is 0 Å². The Morgan fingerprint density at radius 1 is 1.16 bits per heavy atom. The van der Waals surface area contributed by atoms with Crippen molar-refractivity contribution in [3.05, 3.63) is 83.5 Å². The summed E-state index contributed by atoms with van der Waals surface area (Å²) in [5.41, 5.74) is 4.39. The van der Waals surface area contributed by atoms with E-state index in [1.807, 2.05) is 49.4 Å². The standard InChI is InChI=1S/C19H20/c1-5-10-16(3)19(17(4)11-6-2)15-14-18-12-8-7-9-13-18/h5-13H,1H2,2-4H3/b11-6-,16-10+,19-17+. The second kappa shape index (κ2) is 7.95. The van der Waals surface area contributed by atoms with Crippen LogP contribution in [0.15, 0.2) is 77.9 Å². The molecule has 0 N–H and O–H groups in total. The summed E-state index contributed by atoms with van der Waals surface area (Å²) in [6.45, 7) is 9.89. The van der Waals surface area contributed by atoms with Gasteiger partial charge in [-0.3, -0.25) is 0 Å². The van der Waals surface area contributed by atoms with Crippen molar-refractivity contribution in [2.75, 3.05) is 0 Å². The van der Waals surface area contributed by atoms with Crippen molar-refractivity contribution in [1.29, 1.82) is 0 Å². The Bertz CT molecular complexity index is 569. The molecule has 0 atom stereocenters. The maximum Gasteiger partial charge on any atom is 0.0307 e. The van der Waals surface area contributed by atoms with E-state index in [0.717, 1.165) is 16.7 Å². The van der Waals surface area contributed by atoms with Crippen LogP contribution < -0.4 is 0 Å². The van der Waals surface area contributed by atoms with Gasteiger partial charge in [0.15, 0.2) is 0 Å². The maximum atomic E-state index is 3.74. The highest BCUT2D eigenvalue weighted by molar-refractivity contribution is 5.53. The van der Waals surface area contributed by atoms with Crippen LogP contribution in [0, 0.1) is 11.8 Å². The molecule has 0 bridgehead atoms. The molecule has 0 aromatic heterocycles. The SMILES string of the molecule is C=C/C=C(C)/C(C#Cc1ccccc1)=C(C)/C=C\C. The molecule has 0 aliphatic carbocycles. The lowest BCUT2D eigenvalue weighted by Crippen LogP contribution is -1.87. The summed E-state index contributed by atoms with van der Waals surface area (Å²) in [5, 5.41) is 0. The smallest absolute Gasteiger partial charge is 0.0307 e. The predicted octanol–water partition coefficient (Wildman–Crippen LogP) is 5.06. The summed E-state index contributed by atoms with van der Waals surface area (Å²) in [7, 11) is 0. The third-order valence-electron chi connectivity index (χ3n) is 2.68. The lowest BCUT2D eigenvalue weighted by molar-refractivity contribution is 1.36. The summed E-state index contributed by atoms with van der Waals surface area (Å²) in [6.07, 6.45) is 7.89. The van der Waals surface area contributed by atoms with Gasteiger partial charge in [-0.25, -0.2) is 0 Å². The fraction of sp³-hybridized carbons (Fsp3) is 0.158. The Balaban J connectivity index is 3.21. The Hall–Kier alpha value is -2.26. The highest BCUT2D eigenvalue weighted by Crippen LogP contribution is 2.15. The van der Waals surface area contributed by atoms with Gasteiger partial charge in [0.25, 0.3) is 0 Å².